The van der Waals surface area contributed by atoms with Gasteiger partial charge in [0.2, 0.25) is 11.8 Å². The molecule has 1 aromatic carbocycles. The highest BCUT2D eigenvalue weighted by Gasteiger charge is 2.32. The number of amides is 4. The Morgan fingerprint density at radius 1 is 1.19 bits per heavy atom. The molecule has 2 heterocycles. The number of halogens is 1. The van der Waals surface area contributed by atoms with E-state index in [9.17, 15) is 18.8 Å². The number of carbonyl (C=O) groups excluding carboxylic acids is 3. The first-order valence-corrected chi connectivity index (χ1v) is 9.35. The lowest BCUT2D eigenvalue weighted by molar-refractivity contribution is -0.134. The molecule has 0 radical (unpaired) electrons. The lowest BCUT2D eigenvalue weighted by Gasteiger charge is -2.33. The fraction of sp³-hybridized carbons (Fsp3) is 0.526. The Kier molecular flexibility index (Phi) is 6.26. The Morgan fingerprint density at radius 3 is 2.52 bits per heavy atom. The van der Waals surface area contributed by atoms with E-state index in [0.29, 0.717) is 38.5 Å². The van der Waals surface area contributed by atoms with E-state index >= 15 is 0 Å². The molecule has 27 heavy (non-hydrogen) atoms. The van der Waals surface area contributed by atoms with Crippen molar-refractivity contribution < 1.29 is 18.8 Å². The molecule has 2 aliphatic heterocycles. The van der Waals surface area contributed by atoms with Gasteiger partial charge in [-0.1, -0.05) is 12.1 Å². The maximum atomic E-state index is 12.9. The van der Waals surface area contributed by atoms with Crippen LogP contribution in [0.15, 0.2) is 24.3 Å². The first-order valence-electron chi connectivity index (χ1n) is 9.35. The summed E-state index contributed by atoms with van der Waals surface area (Å²) in [5.74, 6) is 0.0739. The van der Waals surface area contributed by atoms with Crippen LogP contribution in [0.5, 0.6) is 0 Å². The fourth-order valence-corrected chi connectivity index (χ4v) is 3.49. The number of nitrogens with zero attached hydrogens (tertiary/aromatic N) is 1. The fourth-order valence-electron chi connectivity index (χ4n) is 3.49. The molecule has 3 rings (SSSR count). The zero-order valence-electron chi connectivity index (χ0n) is 15.2. The van der Waals surface area contributed by atoms with E-state index in [1.54, 1.807) is 17.0 Å². The van der Waals surface area contributed by atoms with Crippen molar-refractivity contribution in [3.05, 3.63) is 35.6 Å². The Hall–Kier alpha value is -2.64. The minimum atomic E-state index is -0.466. The van der Waals surface area contributed by atoms with Gasteiger partial charge >= 0.3 is 6.03 Å². The van der Waals surface area contributed by atoms with Crippen LogP contribution in [0.2, 0.25) is 0 Å². The van der Waals surface area contributed by atoms with Crippen molar-refractivity contribution in [3.8, 4) is 0 Å². The van der Waals surface area contributed by atoms with Gasteiger partial charge in [-0.15, -0.1) is 0 Å². The minimum Gasteiger partial charge on any atom is -0.352 e. The molecule has 1 aromatic rings. The number of piperidine rings is 1. The Morgan fingerprint density at radius 2 is 1.89 bits per heavy atom. The quantitative estimate of drug-likeness (QED) is 0.695. The highest BCUT2D eigenvalue weighted by Crippen LogP contribution is 2.22. The normalized spacial score (nSPS) is 20.1. The van der Waals surface area contributed by atoms with E-state index in [-0.39, 0.29) is 23.7 Å². The summed E-state index contributed by atoms with van der Waals surface area (Å²) in [6.07, 6.45) is 2.97. The van der Waals surface area contributed by atoms with Gasteiger partial charge in [0.15, 0.2) is 0 Å². The number of hydrogen-bond acceptors (Lipinski definition) is 3. The van der Waals surface area contributed by atoms with E-state index in [2.05, 4.69) is 16.0 Å². The van der Waals surface area contributed by atoms with Crippen LogP contribution in [0.1, 0.15) is 31.2 Å². The summed E-state index contributed by atoms with van der Waals surface area (Å²) in [5.41, 5.74) is 0.866. The van der Waals surface area contributed by atoms with Gasteiger partial charge in [0.1, 0.15) is 11.9 Å². The molecule has 7 nitrogen and oxygen atoms in total. The SMILES string of the molecule is O=C(CCC1CCN(C(=O)C2CNC(=O)N2)CC1)NCc1ccc(F)cc1. The van der Waals surface area contributed by atoms with Crippen molar-refractivity contribution in [3.63, 3.8) is 0 Å². The van der Waals surface area contributed by atoms with Crippen LogP contribution in [0.25, 0.3) is 0 Å². The molecular formula is C19H25FN4O3. The second-order valence-electron chi connectivity index (χ2n) is 7.12. The van der Waals surface area contributed by atoms with Gasteiger partial charge in [0.05, 0.1) is 0 Å². The van der Waals surface area contributed by atoms with Crippen LogP contribution in [-0.2, 0) is 16.1 Å². The number of hydrogen-bond donors (Lipinski definition) is 3. The third kappa shape index (κ3) is 5.42. The summed E-state index contributed by atoms with van der Waals surface area (Å²) in [6, 6.07) is 5.31. The molecule has 0 saturated carbocycles. The van der Waals surface area contributed by atoms with Gasteiger partial charge in [-0.25, -0.2) is 9.18 Å². The zero-order valence-corrected chi connectivity index (χ0v) is 15.2. The van der Waals surface area contributed by atoms with Crippen molar-refractivity contribution in [2.45, 2.75) is 38.3 Å². The summed E-state index contributed by atoms with van der Waals surface area (Å²) in [7, 11) is 0. The first-order chi connectivity index (χ1) is 13.0. The minimum absolute atomic E-state index is 0.0161. The predicted octanol–water partition coefficient (Wildman–Crippen LogP) is 1.14. The molecule has 0 bridgehead atoms. The lowest BCUT2D eigenvalue weighted by atomic mass is 9.91. The van der Waals surface area contributed by atoms with Crippen LogP contribution in [0, 0.1) is 11.7 Å². The second-order valence-corrected chi connectivity index (χ2v) is 7.12. The van der Waals surface area contributed by atoms with Crippen LogP contribution >= 0.6 is 0 Å². The Balaban J connectivity index is 1.33. The van der Waals surface area contributed by atoms with Gasteiger partial charge in [0.25, 0.3) is 0 Å². The van der Waals surface area contributed by atoms with Gasteiger partial charge in [-0.05, 0) is 42.9 Å². The molecule has 1 unspecified atom stereocenters. The highest BCUT2D eigenvalue weighted by atomic mass is 19.1. The molecule has 146 valence electrons. The molecule has 4 amide bonds. The number of nitrogens with one attached hydrogen (secondary N) is 3. The van der Waals surface area contributed by atoms with E-state index in [1.807, 2.05) is 0 Å². The van der Waals surface area contributed by atoms with Crippen LogP contribution in [-0.4, -0.2) is 48.4 Å². The Bertz CT molecular complexity index is 687. The number of likely N-dealkylation sites (tertiary alicyclic amines) is 1. The first kappa shape index (κ1) is 19.1. The summed E-state index contributed by atoms with van der Waals surface area (Å²) in [5, 5.41) is 8.07. The van der Waals surface area contributed by atoms with Crippen molar-refractivity contribution >= 4 is 17.8 Å². The van der Waals surface area contributed by atoms with Gasteiger partial charge in [0, 0.05) is 32.6 Å². The van der Waals surface area contributed by atoms with E-state index < -0.39 is 6.04 Å². The summed E-state index contributed by atoms with van der Waals surface area (Å²) < 4.78 is 12.9. The topological polar surface area (TPSA) is 90.5 Å². The van der Waals surface area contributed by atoms with Gasteiger partial charge < -0.3 is 20.9 Å². The van der Waals surface area contributed by atoms with Gasteiger partial charge in [-0.3, -0.25) is 9.59 Å². The summed E-state index contributed by atoms with van der Waals surface area (Å²) in [6.45, 7) is 2.05. The van der Waals surface area contributed by atoms with Crippen LogP contribution in [0.4, 0.5) is 9.18 Å². The smallest absolute Gasteiger partial charge is 0.315 e. The third-order valence-electron chi connectivity index (χ3n) is 5.18. The van der Waals surface area contributed by atoms with Crippen molar-refractivity contribution in [1.82, 2.24) is 20.9 Å². The Labute approximate surface area is 157 Å². The molecule has 2 saturated heterocycles. The second kappa shape index (κ2) is 8.83. The molecule has 1 atom stereocenters. The number of benzene rings is 1. The number of urea groups is 1. The molecule has 3 N–H and O–H groups in total. The number of rotatable bonds is 6. The standard InChI is InChI=1S/C19H25FN4O3/c20-15-4-1-14(2-5-15)11-21-17(25)6-3-13-7-9-24(10-8-13)18(26)16-12-22-19(27)23-16/h1-2,4-5,13,16H,3,6-12H2,(H,21,25)(H2,22,23,27). The highest BCUT2D eigenvalue weighted by molar-refractivity contribution is 5.90. The average molecular weight is 376 g/mol. The monoisotopic (exact) mass is 376 g/mol. The summed E-state index contributed by atoms with van der Waals surface area (Å²) in [4.78, 5) is 37.3. The number of carbonyl (C=O) groups is 3. The zero-order chi connectivity index (χ0) is 19.2. The average Bonchev–Trinajstić information content (AvgIpc) is 3.12. The predicted molar refractivity (Wildman–Crippen MR) is 97.1 cm³/mol. The van der Waals surface area contributed by atoms with Crippen LogP contribution in [0.3, 0.4) is 0 Å². The molecule has 0 aliphatic carbocycles. The molecule has 8 heteroatoms. The van der Waals surface area contributed by atoms with Gasteiger partial charge in [-0.2, -0.15) is 0 Å². The molecule has 0 spiro atoms. The third-order valence-corrected chi connectivity index (χ3v) is 5.18. The van der Waals surface area contributed by atoms with Crippen LogP contribution < -0.4 is 16.0 Å². The van der Waals surface area contributed by atoms with E-state index in [4.69, 9.17) is 0 Å². The largest absolute Gasteiger partial charge is 0.352 e. The summed E-state index contributed by atoms with van der Waals surface area (Å²) >= 11 is 0. The maximum absolute atomic E-state index is 12.9. The molecule has 2 aliphatic rings. The van der Waals surface area contributed by atoms with E-state index in [0.717, 1.165) is 24.8 Å². The molecule has 2 fully saturated rings. The van der Waals surface area contributed by atoms with Crippen molar-refractivity contribution in [2.75, 3.05) is 19.6 Å². The molecule has 0 aromatic heterocycles. The van der Waals surface area contributed by atoms with E-state index in [1.165, 1.54) is 12.1 Å². The lowest BCUT2D eigenvalue weighted by Crippen LogP contribution is -2.48. The van der Waals surface area contributed by atoms with Crippen molar-refractivity contribution in [2.24, 2.45) is 5.92 Å². The molecular weight excluding hydrogens is 351 g/mol. The van der Waals surface area contributed by atoms with Crippen molar-refractivity contribution in [1.29, 1.82) is 0 Å². The maximum Gasteiger partial charge on any atom is 0.315 e.